The molecular weight excluding hydrogens is 885 g/mol. The molecule has 0 aromatic heterocycles. The van der Waals surface area contributed by atoms with E-state index in [1.807, 2.05) is 12.2 Å². The highest BCUT2D eigenvalue weighted by atomic mass is 32.3. The van der Waals surface area contributed by atoms with Crippen molar-refractivity contribution >= 4 is 16.4 Å². The summed E-state index contributed by atoms with van der Waals surface area (Å²) in [6.45, 7) is 3.81. The van der Waals surface area contributed by atoms with E-state index < -0.39 is 59.8 Å². The Morgan fingerprint density at radius 3 is 1.40 bits per heavy atom. The van der Waals surface area contributed by atoms with Gasteiger partial charge in [0.2, 0.25) is 0 Å². The lowest BCUT2D eigenvalue weighted by Gasteiger charge is -2.41. The van der Waals surface area contributed by atoms with Crippen molar-refractivity contribution in [3.05, 3.63) is 72.9 Å². The third-order valence-electron chi connectivity index (χ3n) is 11.9. The molecule has 1 aliphatic rings. The second kappa shape index (κ2) is 45.7. The molecule has 0 saturated carbocycles. The molecule has 0 aliphatic carbocycles. The van der Waals surface area contributed by atoms with E-state index in [0.717, 1.165) is 57.8 Å². The van der Waals surface area contributed by atoms with E-state index in [4.69, 9.17) is 18.9 Å². The first-order valence-corrected chi connectivity index (χ1v) is 28.1. The fourth-order valence-electron chi connectivity index (χ4n) is 7.88. The molecule has 0 aromatic rings. The SMILES string of the molecule is CC/C=C\C/C=C\C/C=C\C/C=C\C/C=C\C/C=C\CCC(=O)OC(COCCCCCCCCCCCCCCCCCCCCCCCC)COC1OC(CO)C(O)C(OS(=O)(=O)O)C1O. The molecule has 0 amide bonds. The summed E-state index contributed by atoms with van der Waals surface area (Å²) < 4.78 is 59.2. The highest BCUT2D eigenvalue weighted by Crippen LogP contribution is 2.26. The first-order valence-electron chi connectivity index (χ1n) is 26.7. The van der Waals surface area contributed by atoms with Crippen molar-refractivity contribution in [1.82, 2.24) is 0 Å². The quantitative estimate of drug-likeness (QED) is 0.0197. The Bertz CT molecular complexity index is 1460. The maximum Gasteiger partial charge on any atom is 0.397 e. The Morgan fingerprint density at radius 1 is 0.574 bits per heavy atom. The lowest BCUT2D eigenvalue weighted by molar-refractivity contribution is -0.301. The van der Waals surface area contributed by atoms with Gasteiger partial charge < -0.3 is 34.3 Å². The first-order chi connectivity index (χ1) is 33.1. The van der Waals surface area contributed by atoms with Crippen LogP contribution in [0.2, 0.25) is 0 Å². The van der Waals surface area contributed by atoms with Crippen molar-refractivity contribution in [2.75, 3.05) is 26.4 Å². The number of aliphatic hydroxyl groups is 3. The van der Waals surface area contributed by atoms with E-state index in [9.17, 15) is 33.1 Å². The number of ether oxygens (including phenoxy) is 4. The van der Waals surface area contributed by atoms with Gasteiger partial charge in [-0.3, -0.25) is 9.35 Å². The molecule has 0 bridgehead atoms. The summed E-state index contributed by atoms with van der Waals surface area (Å²) in [5, 5.41) is 30.8. The number of rotatable bonds is 46. The highest BCUT2D eigenvalue weighted by Gasteiger charge is 2.48. The third-order valence-corrected chi connectivity index (χ3v) is 12.3. The lowest BCUT2D eigenvalue weighted by atomic mass is 9.99. The van der Waals surface area contributed by atoms with E-state index in [-0.39, 0.29) is 19.6 Å². The second-order valence-electron chi connectivity index (χ2n) is 18.1. The van der Waals surface area contributed by atoms with Gasteiger partial charge in [0.25, 0.3) is 0 Å². The van der Waals surface area contributed by atoms with Gasteiger partial charge in [0.05, 0.1) is 19.8 Å². The minimum Gasteiger partial charge on any atom is -0.457 e. The molecule has 4 N–H and O–H groups in total. The molecule has 13 heteroatoms. The van der Waals surface area contributed by atoms with Crippen molar-refractivity contribution in [3.8, 4) is 0 Å². The summed E-state index contributed by atoms with van der Waals surface area (Å²) in [6.07, 6.45) is 51.0. The van der Waals surface area contributed by atoms with Gasteiger partial charge >= 0.3 is 16.4 Å². The molecule has 6 atom stereocenters. The van der Waals surface area contributed by atoms with Crippen LogP contribution in [0.15, 0.2) is 72.9 Å². The Hall–Kier alpha value is -2.46. The van der Waals surface area contributed by atoms with Gasteiger partial charge in [0, 0.05) is 13.0 Å². The Morgan fingerprint density at radius 2 is 0.985 bits per heavy atom. The van der Waals surface area contributed by atoms with Crippen LogP contribution in [0.5, 0.6) is 0 Å². The Labute approximate surface area is 413 Å². The number of carbonyl (C=O) groups is 1. The van der Waals surface area contributed by atoms with Crippen LogP contribution in [0.1, 0.15) is 206 Å². The number of hydrogen-bond donors (Lipinski definition) is 4. The Kier molecular flexibility index (Phi) is 42.7. The molecule has 0 aromatic carbocycles. The molecule has 1 fully saturated rings. The molecule has 6 unspecified atom stereocenters. The molecular formula is C55H96O12S. The summed E-state index contributed by atoms with van der Waals surface area (Å²) in [5.74, 6) is -0.479. The average molecular weight is 981 g/mol. The number of aliphatic hydroxyl groups excluding tert-OH is 3. The fraction of sp³-hybridized carbons (Fsp3) is 0.764. The summed E-state index contributed by atoms with van der Waals surface area (Å²) >= 11 is 0. The van der Waals surface area contributed by atoms with Gasteiger partial charge in [-0.15, -0.1) is 0 Å². The fourth-order valence-corrected chi connectivity index (χ4v) is 8.38. The Balaban J connectivity index is 2.38. The van der Waals surface area contributed by atoms with Crippen LogP contribution in [0.4, 0.5) is 0 Å². The number of hydrogen-bond acceptors (Lipinski definition) is 11. The average Bonchev–Trinajstić information content (AvgIpc) is 3.31. The number of unbranched alkanes of at least 4 members (excludes halogenated alkanes) is 21. The molecule has 1 heterocycles. The molecule has 12 nitrogen and oxygen atoms in total. The summed E-state index contributed by atoms with van der Waals surface area (Å²) in [7, 11) is -5.08. The van der Waals surface area contributed by atoms with Crippen molar-refractivity contribution in [2.45, 2.75) is 243 Å². The van der Waals surface area contributed by atoms with Crippen LogP contribution in [-0.2, 0) is 38.3 Å². The minimum atomic E-state index is -5.08. The van der Waals surface area contributed by atoms with E-state index in [1.54, 1.807) is 0 Å². The zero-order chi connectivity index (χ0) is 49.6. The largest absolute Gasteiger partial charge is 0.457 e. The predicted molar refractivity (Wildman–Crippen MR) is 276 cm³/mol. The van der Waals surface area contributed by atoms with Gasteiger partial charge in [-0.1, -0.05) is 222 Å². The van der Waals surface area contributed by atoms with Gasteiger partial charge in [0.15, 0.2) is 6.29 Å². The molecule has 1 rings (SSSR count). The van der Waals surface area contributed by atoms with E-state index in [1.165, 1.54) is 122 Å². The highest BCUT2D eigenvalue weighted by molar-refractivity contribution is 7.80. The van der Waals surface area contributed by atoms with Crippen molar-refractivity contribution in [3.63, 3.8) is 0 Å². The van der Waals surface area contributed by atoms with E-state index in [2.05, 4.69) is 78.8 Å². The standard InChI is InChI=1S/C55H96O12S/c1-3-5-7-9-11-13-15-17-19-21-23-24-25-27-29-31-33-35-37-39-41-43-45-63-47-49(48-64-55-53(59)54(67-68(60,61)62)52(58)50(46-56)66-55)65-51(57)44-42-40-38-36-34-32-30-28-26-22-20-18-16-14-12-10-8-6-4-2/h6,8,12,14,18,20,26,28,32,34,38,40,49-50,52-56,58-59H,3-5,7,9-11,13,15-17,19,21-25,27,29-31,33,35-37,39,41-48H2,1-2H3,(H,60,61,62)/b8-6-,14-12-,20-18-,28-26-,34-32-,40-38-. The van der Waals surface area contributed by atoms with Gasteiger partial charge in [-0.05, 0) is 51.4 Å². The zero-order valence-corrected chi connectivity index (χ0v) is 43.2. The van der Waals surface area contributed by atoms with Crippen LogP contribution in [-0.4, -0.2) is 97.5 Å². The lowest BCUT2D eigenvalue weighted by Crippen LogP contribution is -2.60. The van der Waals surface area contributed by atoms with Crippen LogP contribution in [0.3, 0.4) is 0 Å². The topological polar surface area (TPSA) is 178 Å². The third kappa shape index (κ3) is 38.3. The summed E-state index contributed by atoms with van der Waals surface area (Å²) in [6, 6.07) is 0. The molecule has 1 aliphatic heterocycles. The molecule has 0 radical (unpaired) electrons. The monoisotopic (exact) mass is 981 g/mol. The molecule has 68 heavy (non-hydrogen) atoms. The van der Waals surface area contributed by atoms with Crippen molar-refractivity contribution in [2.24, 2.45) is 0 Å². The summed E-state index contributed by atoms with van der Waals surface area (Å²) in [4.78, 5) is 12.9. The first kappa shape index (κ1) is 63.6. The van der Waals surface area contributed by atoms with Crippen LogP contribution >= 0.6 is 0 Å². The van der Waals surface area contributed by atoms with E-state index in [0.29, 0.717) is 13.0 Å². The smallest absolute Gasteiger partial charge is 0.397 e. The minimum absolute atomic E-state index is 0.00468. The van der Waals surface area contributed by atoms with Crippen molar-refractivity contribution in [1.29, 1.82) is 0 Å². The maximum atomic E-state index is 12.9. The summed E-state index contributed by atoms with van der Waals surface area (Å²) in [5.41, 5.74) is 0. The van der Waals surface area contributed by atoms with E-state index >= 15 is 0 Å². The van der Waals surface area contributed by atoms with Crippen LogP contribution in [0.25, 0.3) is 0 Å². The van der Waals surface area contributed by atoms with Gasteiger partial charge in [-0.2, -0.15) is 8.42 Å². The molecule has 0 spiro atoms. The number of carbonyl (C=O) groups excluding carboxylic acids is 1. The van der Waals surface area contributed by atoms with Gasteiger partial charge in [-0.25, -0.2) is 4.18 Å². The van der Waals surface area contributed by atoms with Gasteiger partial charge in [0.1, 0.15) is 30.5 Å². The normalized spacial score (nSPS) is 19.9. The second-order valence-corrected chi connectivity index (χ2v) is 19.1. The van der Waals surface area contributed by atoms with Crippen molar-refractivity contribution < 1.29 is 56.2 Å². The van der Waals surface area contributed by atoms with Crippen LogP contribution < -0.4 is 0 Å². The number of allylic oxidation sites excluding steroid dienone is 12. The van der Waals surface area contributed by atoms with Crippen LogP contribution in [0, 0.1) is 0 Å². The number of esters is 1. The predicted octanol–water partition coefficient (Wildman–Crippen LogP) is 12.6. The zero-order valence-electron chi connectivity index (χ0n) is 42.4. The maximum absolute atomic E-state index is 12.9. The molecule has 1 saturated heterocycles. The molecule has 394 valence electrons.